The van der Waals surface area contributed by atoms with E-state index in [4.69, 9.17) is 2.86 Å². The van der Waals surface area contributed by atoms with E-state index < -0.39 is 0 Å². The number of fused-ring (bicyclic) bond motifs is 3. The second-order valence-electron chi connectivity index (χ2n) is 4.87. The van der Waals surface area contributed by atoms with Gasteiger partial charge in [-0.25, -0.2) is 0 Å². The van der Waals surface area contributed by atoms with E-state index in [1.54, 1.807) is 0 Å². The molecule has 0 aliphatic rings. The summed E-state index contributed by atoms with van der Waals surface area (Å²) in [6, 6.07) is 11.8. The van der Waals surface area contributed by atoms with E-state index in [9.17, 15) is 5.11 Å². The minimum Gasteiger partial charge on any atom is -0.395 e. The molecule has 3 aromatic rings. The molecule has 0 radical (unpaired) electrons. The van der Waals surface area contributed by atoms with Crippen LogP contribution in [0.4, 0.5) is 0 Å². The number of aromatic nitrogens is 1. The molecule has 0 atom stereocenters. The Morgan fingerprint density at radius 1 is 0.864 bits per heavy atom. The fourth-order valence-electron chi connectivity index (χ4n) is 2.72. The van der Waals surface area contributed by atoms with E-state index in [2.05, 4.69) is 14.8 Å². The first-order chi connectivity index (χ1) is 10.8. The van der Waals surface area contributed by atoms with Crippen molar-refractivity contribution in [2.45, 2.75) is 34.6 Å². The molecule has 0 aliphatic heterocycles. The van der Waals surface area contributed by atoms with E-state index in [1.165, 1.54) is 0 Å². The molecule has 2 aromatic carbocycles. The van der Waals surface area contributed by atoms with Crippen LogP contribution in [-0.4, -0.2) is 29.4 Å². The Morgan fingerprint density at radius 3 is 1.77 bits per heavy atom. The summed E-state index contributed by atoms with van der Waals surface area (Å²) in [4.78, 5) is 0. The summed E-state index contributed by atoms with van der Waals surface area (Å²) in [5.74, 6) is 0. The molecule has 0 bridgehead atoms. The first-order valence-electron chi connectivity index (χ1n) is 7.41. The van der Waals surface area contributed by atoms with Crippen LogP contribution in [0.25, 0.3) is 21.8 Å². The molecule has 120 valence electrons. The lowest BCUT2D eigenvalue weighted by Crippen LogP contribution is -2.01. The zero-order valence-electron chi connectivity index (χ0n) is 13.0. The summed E-state index contributed by atoms with van der Waals surface area (Å²) < 4.78 is 15.9. The standard InChI is InChI=1S/C16H17NO3.2CH4/c18-6-5-17-15-3-1-11(9-19)7-13(15)14-8-12(10-20)2-4-16(14)17;;/h1-4,7-8,18-20H,5-6,9-10H2;2*1H4/i19D,20D;;. The van der Waals surface area contributed by atoms with Crippen LogP contribution in [0, 0.1) is 0 Å². The van der Waals surface area contributed by atoms with Crippen LogP contribution in [0.3, 0.4) is 0 Å². The minimum atomic E-state index is 0. The van der Waals surface area contributed by atoms with Gasteiger partial charge >= 0.3 is 0 Å². The highest BCUT2D eigenvalue weighted by molar-refractivity contribution is 6.08. The summed E-state index contributed by atoms with van der Waals surface area (Å²) in [5, 5.41) is 20.3. The number of hydrogen-bond acceptors (Lipinski definition) is 3. The molecule has 4 heteroatoms. The Kier molecular flexibility index (Phi) is 5.06. The molecule has 0 fully saturated rings. The molecule has 0 aliphatic carbocycles. The molecule has 1 aromatic heterocycles. The third kappa shape index (κ3) is 2.86. The van der Waals surface area contributed by atoms with Crippen molar-refractivity contribution in [2.24, 2.45) is 0 Å². The van der Waals surface area contributed by atoms with Crippen molar-refractivity contribution in [1.82, 2.24) is 4.57 Å². The Balaban J connectivity index is 0.00000144. The SMILES string of the molecule is C.C.[2H]OCc1ccc2c(c1)c1cc(CO[2H])ccc1n2CCO. The van der Waals surface area contributed by atoms with Crippen molar-refractivity contribution >= 4 is 21.8 Å². The molecular weight excluding hydrogens is 278 g/mol. The highest BCUT2D eigenvalue weighted by Gasteiger charge is 2.11. The van der Waals surface area contributed by atoms with Gasteiger partial charge in [0.1, 0.15) is 0 Å². The maximum atomic E-state index is 9.32. The normalized spacial score (nSPS) is 11.7. The molecule has 0 spiro atoms. The molecule has 4 nitrogen and oxygen atoms in total. The molecular formula is C18H25NO3. The van der Waals surface area contributed by atoms with Gasteiger partial charge in [-0.1, -0.05) is 27.0 Å². The predicted octanol–water partition coefficient (Wildman–Crippen LogP) is 3.04. The third-order valence-corrected chi connectivity index (χ3v) is 3.65. The zero-order valence-corrected chi connectivity index (χ0v) is 11.0. The van der Waals surface area contributed by atoms with Crippen LogP contribution in [0.5, 0.6) is 0 Å². The van der Waals surface area contributed by atoms with Crippen molar-refractivity contribution < 1.29 is 15.3 Å². The Bertz CT molecular complexity index is 738. The van der Waals surface area contributed by atoms with Gasteiger partial charge < -0.3 is 19.9 Å². The molecule has 0 saturated carbocycles. The summed E-state index contributed by atoms with van der Waals surface area (Å²) in [7, 11) is 0. The van der Waals surface area contributed by atoms with Crippen LogP contribution >= 0.6 is 0 Å². The predicted molar refractivity (Wildman–Crippen MR) is 91.8 cm³/mol. The van der Waals surface area contributed by atoms with Crippen LogP contribution < -0.4 is 0 Å². The topological polar surface area (TPSA) is 65.6 Å². The fourth-order valence-corrected chi connectivity index (χ4v) is 2.72. The monoisotopic (exact) mass is 305 g/mol. The van der Waals surface area contributed by atoms with Crippen molar-refractivity contribution in [3.63, 3.8) is 0 Å². The Labute approximate surface area is 134 Å². The summed E-state index contributed by atoms with van der Waals surface area (Å²) >= 11 is 0. The smallest absolute Gasteiger partial charge is 0.211 e. The van der Waals surface area contributed by atoms with Gasteiger partial charge in [0.05, 0.1) is 19.8 Å². The van der Waals surface area contributed by atoms with Crippen LogP contribution in [0.1, 0.15) is 26.0 Å². The Morgan fingerprint density at radius 2 is 1.36 bits per heavy atom. The lowest BCUT2D eigenvalue weighted by Gasteiger charge is -2.05. The molecule has 0 saturated heterocycles. The molecule has 3 rings (SSSR count). The average Bonchev–Trinajstić information content (AvgIpc) is 2.82. The van der Waals surface area contributed by atoms with Crippen molar-refractivity contribution in [3.05, 3.63) is 47.5 Å². The second-order valence-corrected chi connectivity index (χ2v) is 4.87. The van der Waals surface area contributed by atoms with Crippen molar-refractivity contribution in [2.75, 3.05) is 6.61 Å². The maximum Gasteiger partial charge on any atom is 0.211 e. The Hall–Kier alpha value is -1.88. The highest BCUT2D eigenvalue weighted by Crippen LogP contribution is 2.30. The maximum absolute atomic E-state index is 9.32. The van der Waals surface area contributed by atoms with E-state index in [0.717, 1.165) is 32.9 Å². The van der Waals surface area contributed by atoms with E-state index in [1.807, 2.05) is 36.4 Å². The van der Waals surface area contributed by atoms with Crippen LogP contribution in [0.2, 0.25) is 0 Å². The van der Waals surface area contributed by atoms with Crippen LogP contribution in [-0.2, 0) is 19.8 Å². The first kappa shape index (κ1) is 15.0. The number of hydrogen-bond donors (Lipinski definition) is 3. The first-order valence-corrected chi connectivity index (χ1v) is 6.59. The molecule has 22 heavy (non-hydrogen) atoms. The number of aliphatic hydroxyl groups excluding tert-OH is 3. The van der Waals surface area contributed by atoms with Gasteiger partial charge in [-0.15, -0.1) is 0 Å². The van der Waals surface area contributed by atoms with Gasteiger partial charge in [0.25, 0.3) is 0 Å². The van der Waals surface area contributed by atoms with Crippen molar-refractivity contribution in [3.8, 4) is 0 Å². The van der Waals surface area contributed by atoms with Gasteiger partial charge in [0.15, 0.2) is 0 Å². The number of aliphatic hydroxyl groups is 3. The van der Waals surface area contributed by atoms with Crippen LogP contribution in [0.15, 0.2) is 36.4 Å². The molecule has 0 unspecified atom stereocenters. The number of rotatable bonds is 6. The molecule has 3 N–H and O–H groups in total. The lowest BCUT2D eigenvalue weighted by atomic mass is 10.1. The number of benzene rings is 2. The molecule has 1 heterocycles. The van der Waals surface area contributed by atoms with Gasteiger partial charge in [-0.05, 0) is 35.4 Å². The van der Waals surface area contributed by atoms with E-state index in [0.29, 0.717) is 6.54 Å². The highest BCUT2D eigenvalue weighted by atomic mass is 16.3. The van der Waals surface area contributed by atoms with Crippen molar-refractivity contribution in [1.29, 1.82) is 2.86 Å². The summed E-state index contributed by atoms with van der Waals surface area (Å²) in [6.07, 6.45) is 0. The van der Waals surface area contributed by atoms with Gasteiger partial charge in [0.2, 0.25) is 2.86 Å². The largest absolute Gasteiger partial charge is 0.395 e. The molecule has 0 amide bonds. The van der Waals surface area contributed by atoms with Gasteiger partial charge in [0, 0.05) is 28.4 Å². The van der Waals surface area contributed by atoms with E-state index >= 15 is 0 Å². The van der Waals surface area contributed by atoms with Gasteiger partial charge in [-0.2, -0.15) is 0 Å². The zero-order chi connectivity index (χ0) is 15.5. The lowest BCUT2D eigenvalue weighted by molar-refractivity contribution is 0.279. The van der Waals surface area contributed by atoms with Gasteiger partial charge in [-0.3, -0.25) is 0 Å². The van der Waals surface area contributed by atoms with E-state index in [-0.39, 0.29) is 34.7 Å². The second kappa shape index (κ2) is 7.40. The summed E-state index contributed by atoms with van der Waals surface area (Å²) in [6.45, 7) is 1.05. The number of nitrogens with zero attached hydrogens (tertiary/aromatic N) is 1. The third-order valence-electron chi connectivity index (χ3n) is 3.65. The average molecular weight is 305 g/mol. The summed E-state index contributed by atoms with van der Waals surface area (Å²) in [5.41, 5.74) is 3.91. The fraction of sp³-hybridized carbons (Fsp3) is 0.333. The quantitative estimate of drug-likeness (QED) is 0.656. The minimum absolute atomic E-state index is 0.